The Hall–Kier alpha value is -3.67. The van der Waals surface area contributed by atoms with Crippen molar-refractivity contribution in [1.29, 1.82) is 0 Å². The fraction of sp³-hybridized carbons (Fsp3) is 0.296. The van der Waals surface area contributed by atoms with Gasteiger partial charge in [0, 0.05) is 24.4 Å². The molecule has 1 amide bonds. The van der Waals surface area contributed by atoms with Crippen molar-refractivity contribution >= 4 is 23.9 Å². The molecule has 0 radical (unpaired) electrons. The first-order chi connectivity index (χ1) is 16.1. The van der Waals surface area contributed by atoms with E-state index in [2.05, 4.69) is 0 Å². The Morgan fingerprint density at radius 1 is 1.15 bits per heavy atom. The highest BCUT2D eigenvalue weighted by Gasteiger charge is 2.64. The number of hydrogen-bond acceptors (Lipinski definition) is 5. The lowest BCUT2D eigenvalue weighted by Crippen LogP contribution is -2.55. The van der Waals surface area contributed by atoms with Crippen LogP contribution in [0.5, 0.6) is 0 Å². The predicted octanol–water partition coefficient (Wildman–Crippen LogP) is 4.17. The van der Waals surface area contributed by atoms with Crippen LogP contribution in [-0.2, 0) is 37.5 Å². The molecule has 0 N–H and O–H groups in total. The molecular weight excluding hydrogens is 418 g/mol. The summed E-state index contributed by atoms with van der Waals surface area (Å²) in [6.07, 6.45) is 2.74. The van der Waals surface area contributed by atoms with Gasteiger partial charge in [-0.1, -0.05) is 48.5 Å². The average molecular weight is 443 g/mol. The van der Waals surface area contributed by atoms with E-state index < -0.39 is 23.2 Å². The summed E-state index contributed by atoms with van der Waals surface area (Å²) in [6.45, 7) is 2.33. The highest BCUT2D eigenvalue weighted by Crippen LogP contribution is 2.59. The summed E-state index contributed by atoms with van der Waals surface area (Å²) >= 11 is 0. The standard InChI is InChI=1S/C27H25NO5/c1-2-32-25(30)22-16-24-19(13-15-33-24)20(12-14-29)27(22)21-10-6-7-11-23(21)28(26(27)31)17-18-8-4-3-5-9-18/h3-11,13-15,20,22H,2,12,16-17H2,1H3/t20-,22-,27-/m1/s1. The number of para-hydroxylation sites is 1. The maximum Gasteiger partial charge on any atom is 0.310 e. The lowest BCUT2D eigenvalue weighted by atomic mass is 9.56. The van der Waals surface area contributed by atoms with Crippen LogP contribution in [0.25, 0.3) is 0 Å². The molecule has 1 aliphatic carbocycles. The van der Waals surface area contributed by atoms with Crippen molar-refractivity contribution in [3.8, 4) is 0 Å². The highest BCUT2D eigenvalue weighted by molar-refractivity contribution is 6.11. The van der Waals surface area contributed by atoms with Crippen LogP contribution in [-0.4, -0.2) is 24.8 Å². The molecule has 168 valence electrons. The van der Waals surface area contributed by atoms with Crippen LogP contribution in [0.4, 0.5) is 5.69 Å². The molecule has 0 fully saturated rings. The number of nitrogens with zero attached hydrogens (tertiary/aromatic N) is 1. The number of hydrogen-bond donors (Lipinski definition) is 0. The Morgan fingerprint density at radius 3 is 2.67 bits per heavy atom. The molecule has 0 saturated heterocycles. The maximum atomic E-state index is 14.5. The van der Waals surface area contributed by atoms with Gasteiger partial charge in [0.1, 0.15) is 12.0 Å². The number of anilines is 1. The minimum Gasteiger partial charge on any atom is -0.469 e. The third-order valence-electron chi connectivity index (χ3n) is 6.97. The van der Waals surface area contributed by atoms with Crippen molar-refractivity contribution in [3.63, 3.8) is 0 Å². The number of benzene rings is 2. The van der Waals surface area contributed by atoms with Crippen molar-refractivity contribution < 1.29 is 23.5 Å². The number of furan rings is 1. The molecule has 6 nitrogen and oxygen atoms in total. The molecule has 2 aliphatic rings. The first kappa shape index (κ1) is 21.2. The van der Waals surface area contributed by atoms with Crippen LogP contribution in [0.1, 0.15) is 41.7 Å². The van der Waals surface area contributed by atoms with E-state index in [1.165, 1.54) is 0 Å². The second kappa shape index (κ2) is 8.35. The smallest absolute Gasteiger partial charge is 0.310 e. The summed E-state index contributed by atoms with van der Waals surface area (Å²) in [6, 6.07) is 19.2. The molecule has 1 aromatic heterocycles. The molecule has 1 aliphatic heterocycles. The third-order valence-corrected chi connectivity index (χ3v) is 6.97. The number of esters is 1. The van der Waals surface area contributed by atoms with Crippen LogP contribution in [0, 0.1) is 5.92 Å². The van der Waals surface area contributed by atoms with Gasteiger partial charge in [-0.3, -0.25) is 9.59 Å². The normalized spacial score (nSPS) is 23.3. The minimum absolute atomic E-state index is 0.0989. The molecule has 1 spiro atoms. The van der Waals surface area contributed by atoms with Gasteiger partial charge < -0.3 is 18.8 Å². The summed E-state index contributed by atoms with van der Waals surface area (Å²) in [5, 5.41) is 0. The number of rotatable bonds is 6. The molecular formula is C27H25NO5. The first-order valence-electron chi connectivity index (χ1n) is 11.2. The molecule has 33 heavy (non-hydrogen) atoms. The van der Waals surface area contributed by atoms with Gasteiger partial charge >= 0.3 is 5.97 Å². The average Bonchev–Trinajstić information content (AvgIpc) is 3.39. The van der Waals surface area contributed by atoms with E-state index in [-0.39, 0.29) is 25.4 Å². The topological polar surface area (TPSA) is 76.8 Å². The maximum absolute atomic E-state index is 14.5. The van der Waals surface area contributed by atoms with Gasteiger partial charge in [-0.25, -0.2) is 0 Å². The highest BCUT2D eigenvalue weighted by atomic mass is 16.5. The van der Waals surface area contributed by atoms with Crippen molar-refractivity contribution in [2.45, 2.75) is 37.6 Å². The molecule has 6 heteroatoms. The summed E-state index contributed by atoms with van der Waals surface area (Å²) < 4.78 is 11.2. The van der Waals surface area contributed by atoms with E-state index in [0.29, 0.717) is 12.3 Å². The monoisotopic (exact) mass is 443 g/mol. The Kier molecular flexibility index (Phi) is 5.36. The Bertz CT molecular complexity index is 1200. The summed E-state index contributed by atoms with van der Waals surface area (Å²) in [5.41, 5.74) is 2.09. The number of fused-ring (bicyclic) bond motifs is 3. The second-order valence-corrected chi connectivity index (χ2v) is 8.53. The number of ether oxygens (including phenoxy) is 1. The number of amides is 1. The van der Waals surface area contributed by atoms with Gasteiger partial charge in [0.05, 0.1) is 30.7 Å². The number of carbonyl (C=O) groups is 3. The fourth-order valence-corrected chi connectivity index (χ4v) is 5.69. The lowest BCUT2D eigenvalue weighted by molar-refractivity contribution is -0.155. The van der Waals surface area contributed by atoms with Crippen molar-refractivity contribution in [1.82, 2.24) is 0 Å². The van der Waals surface area contributed by atoms with Crippen LogP contribution in [0.3, 0.4) is 0 Å². The summed E-state index contributed by atoms with van der Waals surface area (Å²) in [5.74, 6) is -1.31. The van der Waals surface area contributed by atoms with Crippen LogP contribution in [0.2, 0.25) is 0 Å². The van der Waals surface area contributed by atoms with Gasteiger partial charge in [-0.15, -0.1) is 0 Å². The van der Waals surface area contributed by atoms with Crippen molar-refractivity contribution in [2.24, 2.45) is 5.92 Å². The van der Waals surface area contributed by atoms with Crippen molar-refractivity contribution in [3.05, 3.63) is 89.4 Å². The van der Waals surface area contributed by atoms with E-state index in [9.17, 15) is 14.4 Å². The molecule has 3 aromatic rings. The molecule has 0 saturated carbocycles. The Morgan fingerprint density at radius 2 is 1.91 bits per heavy atom. The predicted molar refractivity (Wildman–Crippen MR) is 122 cm³/mol. The molecule has 2 aromatic carbocycles. The van der Waals surface area contributed by atoms with Gasteiger partial charge in [-0.2, -0.15) is 0 Å². The molecule has 0 unspecified atom stereocenters. The SMILES string of the molecule is CCOC(=O)[C@H]1Cc2occc2[C@@H](CC=O)[C@]12C(=O)N(Cc1ccccc1)c1ccccc12. The number of aldehydes is 1. The van der Waals surface area contributed by atoms with Gasteiger partial charge in [0.2, 0.25) is 5.91 Å². The summed E-state index contributed by atoms with van der Waals surface area (Å²) in [7, 11) is 0. The van der Waals surface area contributed by atoms with Gasteiger partial charge in [0.15, 0.2) is 0 Å². The lowest BCUT2D eigenvalue weighted by Gasteiger charge is -2.44. The third kappa shape index (κ3) is 3.12. The minimum atomic E-state index is -1.24. The second-order valence-electron chi connectivity index (χ2n) is 8.53. The van der Waals surface area contributed by atoms with E-state index in [1.807, 2.05) is 60.7 Å². The quantitative estimate of drug-likeness (QED) is 0.422. The zero-order chi connectivity index (χ0) is 23.0. The Labute approximate surface area is 192 Å². The van der Waals surface area contributed by atoms with E-state index >= 15 is 0 Å². The van der Waals surface area contributed by atoms with E-state index in [1.54, 1.807) is 18.1 Å². The number of carbonyl (C=O) groups excluding carboxylic acids is 3. The van der Waals surface area contributed by atoms with Crippen LogP contribution in [0.15, 0.2) is 71.3 Å². The zero-order valence-corrected chi connectivity index (χ0v) is 18.4. The largest absolute Gasteiger partial charge is 0.469 e. The molecule has 2 heterocycles. The van der Waals surface area contributed by atoms with Crippen LogP contribution < -0.4 is 4.90 Å². The van der Waals surface area contributed by atoms with Crippen molar-refractivity contribution in [2.75, 3.05) is 11.5 Å². The first-order valence-corrected chi connectivity index (χ1v) is 11.2. The summed E-state index contributed by atoms with van der Waals surface area (Å²) in [4.78, 5) is 41.4. The van der Waals surface area contributed by atoms with E-state index in [4.69, 9.17) is 9.15 Å². The van der Waals surface area contributed by atoms with Crippen LogP contribution >= 0.6 is 0 Å². The Balaban J connectivity index is 1.73. The molecule has 0 bridgehead atoms. The fourth-order valence-electron chi connectivity index (χ4n) is 5.69. The van der Waals surface area contributed by atoms with Gasteiger partial charge in [0.25, 0.3) is 0 Å². The zero-order valence-electron chi connectivity index (χ0n) is 18.4. The molecule has 5 rings (SSSR count). The van der Waals surface area contributed by atoms with Gasteiger partial charge in [-0.05, 0) is 35.7 Å². The molecule has 3 atom stereocenters. The van der Waals surface area contributed by atoms with E-state index in [0.717, 1.165) is 28.7 Å².